The average Bonchev–Trinajstić information content (AvgIpc) is 3.30. The van der Waals surface area contributed by atoms with Crippen LogP contribution in [-0.4, -0.2) is 29.9 Å². The number of nitrogens with zero attached hydrogens (tertiary/aromatic N) is 6. The second-order valence-corrected chi connectivity index (χ2v) is 5.73. The molecule has 4 rings (SSSR count). The quantitative estimate of drug-likeness (QED) is 0.579. The fraction of sp³-hybridized carbons (Fsp3) is 0.235. The van der Waals surface area contributed by atoms with E-state index in [1.807, 2.05) is 29.8 Å². The second-order valence-electron chi connectivity index (χ2n) is 5.73. The molecule has 126 valence electrons. The van der Waals surface area contributed by atoms with Gasteiger partial charge < -0.3 is 9.84 Å². The Hall–Kier alpha value is -3.29. The van der Waals surface area contributed by atoms with Crippen LogP contribution < -0.4 is 5.32 Å². The number of anilines is 1. The molecule has 0 bridgehead atoms. The number of rotatable bonds is 6. The Morgan fingerprint density at radius 3 is 2.84 bits per heavy atom. The molecule has 0 aliphatic carbocycles. The third kappa shape index (κ3) is 3.18. The van der Waals surface area contributed by atoms with Gasteiger partial charge in [0, 0.05) is 6.54 Å². The fourth-order valence-corrected chi connectivity index (χ4v) is 2.81. The third-order valence-corrected chi connectivity index (χ3v) is 4.07. The number of fused-ring (bicyclic) bond motifs is 1. The van der Waals surface area contributed by atoms with E-state index in [9.17, 15) is 0 Å². The molecule has 1 aromatic carbocycles. The van der Waals surface area contributed by atoms with Crippen molar-refractivity contribution in [3.8, 4) is 0 Å². The van der Waals surface area contributed by atoms with Gasteiger partial charge in [0.15, 0.2) is 0 Å². The van der Waals surface area contributed by atoms with Gasteiger partial charge in [-0.05, 0) is 18.9 Å². The van der Waals surface area contributed by atoms with Crippen LogP contribution in [0, 0.1) is 6.92 Å². The predicted octanol–water partition coefficient (Wildman–Crippen LogP) is 2.76. The maximum atomic E-state index is 5.23. The SMILES string of the molecule is Cc1noc2ncnc(N[C@H](CCn3cncn3)c3ccccc3)c12. The van der Waals surface area contributed by atoms with Gasteiger partial charge in [-0.1, -0.05) is 35.5 Å². The minimum Gasteiger partial charge on any atom is -0.362 e. The topological polar surface area (TPSA) is 94.6 Å². The van der Waals surface area contributed by atoms with Crippen LogP contribution in [0.1, 0.15) is 23.7 Å². The van der Waals surface area contributed by atoms with Crippen LogP contribution >= 0.6 is 0 Å². The van der Waals surface area contributed by atoms with E-state index in [0.717, 1.165) is 29.9 Å². The van der Waals surface area contributed by atoms with E-state index in [1.165, 1.54) is 11.9 Å². The summed E-state index contributed by atoms with van der Waals surface area (Å²) in [7, 11) is 0. The average molecular weight is 335 g/mol. The van der Waals surface area contributed by atoms with Crippen molar-refractivity contribution in [1.29, 1.82) is 0 Å². The Kier molecular flexibility index (Phi) is 4.07. The molecular formula is C17H17N7O. The van der Waals surface area contributed by atoms with Gasteiger partial charge in [0.05, 0.1) is 11.7 Å². The van der Waals surface area contributed by atoms with E-state index in [1.54, 1.807) is 12.7 Å². The van der Waals surface area contributed by atoms with Gasteiger partial charge in [-0.2, -0.15) is 10.1 Å². The van der Waals surface area contributed by atoms with Crippen LogP contribution in [0.4, 0.5) is 5.82 Å². The highest BCUT2D eigenvalue weighted by atomic mass is 16.5. The van der Waals surface area contributed by atoms with Crippen molar-refractivity contribution in [2.75, 3.05) is 5.32 Å². The maximum absolute atomic E-state index is 5.23. The standard InChI is InChI=1S/C17H17N7O/c1-12-15-16(19-10-20-17(15)25-23-12)22-14(13-5-3-2-4-6-13)7-8-24-11-18-9-21-24/h2-6,9-11,14H,7-8H2,1H3,(H,19,20,22)/t14-/m1/s1. The highest BCUT2D eigenvalue weighted by molar-refractivity contribution is 5.87. The van der Waals surface area contributed by atoms with Crippen molar-refractivity contribution in [1.82, 2.24) is 29.9 Å². The van der Waals surface area contributed by atoms with Crippen molar-refractivity contribution in [3.05, 3.63) is 60.6 Å². The Morgan fingerprint density at radius 2 is 2.04 bits per heavy atom. The molecule has 0 saturated heterocycles. The summed E-state index contributed by atoms with van der Waals surface area (Å²) < 4.78 is 7.05. The van der Waals surface area contributed by atoms with Gasteiger partial charge in [-0.25, -0.2) is 9.97 Å². The number of benzene rings is 1. The Labute approximate surface area is 143 Å². The molecule has 4 aromatic rings. The fourth-order valence-electron chi connectivity index (χ4n) is 2.81. The van der Waals surface area contributed by atoms with E-state index in [2.05, 4.69) is 42.7 Å². The molecule has 3 aromatic heterocycles. The Morgan fingerprint density at radius 1 is 1.16 bits per heavy atom. The first-order valence-electron chi connectivity index (χ1n) is 8.02. The minimum absolute atomic E-state index is 0.0535. The molecule has 0 unspecified atom stereocenters. The second kappa shape index (κ2) is 6.68. The number of hydrogen-bond donors (Lipinski definition) is 1. The summed E-state index contributed by atoms with van der Waals surface area (Å²) in [4.78, 5) is 12.5. The molecule has 0 spiro atoms. The summed E-state index contributed by atoms with van der Waals surface area (Å²) >= 11 is 0. The molecule has 0 aliphatic heterocycles. The molecule has 1 N–H and O–H groups in total. The van der Waals surface area contributed by atoms with Gasteiger partial charge in [-0.15, -0.1) is 0 Å². The van der Waals surface area contributed by atoms with Crippen molar-refractivity contribution < 1.29 is 4.52 Å². The Balaban J connectivity index is 1.64. The van der Waals surface area contributed by atoms with E-state index in [4.69, 9.17) is 4.52 Å². The van der Waals surface area contributed by atoms with Gasteiger partial charge in [0.2, 0.25) is 0 Å². The molecule has 25 heavy (non-hydrogen) atoms. The number of aryl methyl sites for hydroxylation is 2. The van der Waals surface area contributed by atoms with Crippen LogP contribution in [-0.2, 0) is 6.54 Å². The lowest BCUT2D eigenvalue weighted by molar-refractivity contribution is 0.442. The predicted molar refractivity (Wildman–Crippen MR) is 91.8 cm³/mol. The summed E-state index contributed by atoms with van der Waals surface area (Å²) in [5.74, 6) is 0.719. The molecule has 3 heterocycles. The summed E-state index contributed by atoms with van der Waals surface area (Å²) in [6.45, 7) is 2.62. The highest BCUT2D eigenvalue weighted by Gasteiger charge is 2.17. The molecule has 0 fully saturated rings. The van der Waals surface area contributed by atoms with Crippen molar-refractivity contribution in [2.24, 2.45) is 0 Å². The minimum atomic E-state index is 0.0535. The zero-order chi connectivity index (χ0) is 17.1. The summed E-state index contributed by atoms with van der Waals surface area (Å²) in [6, 6.07) is 10.3. The molecule has 8 heteroatoms. The molecule has 1 atom stereocenters. The number of hydrogen-bond acceptors (Lipinski definition) is 7. The lowest BCUT2D eigenvalue weighted by Crippen LogP contribution is -2.15. The molecule has 0 aliphatic rings. The van der Waals surface area contributed by atoms with Crippen molar-refractivity contribution in [2.45, 2.75) is 25.9 Å². The molecule has 0 saturated carbocycles. The highest BCUT2D eigenvalue weighted by Crippen LogP contribution is 2.28. The van der Waals surface area contributed by atoms with Crippen LogP contribution in [0.5, 0.6) is 0 Å². The summed E-state index contributed by atoms with van der Waals surface area (Å²) in [5.41, 5.74) is 2.42. The first-order chi connectivity index (χ1) is 12.3. The van der Waals surface area contributed by atoms with Crippen molar-refractivity contribution in [3.63, 3.8) is 0 Å². The summed E-state index contributed by atoms with van der Waals surface area (Å²) in [6.07, 6.45) is 5.56. The van der Waals surface area contributed by atoms with Crippen LogP contribution in [0.2, 0.25) is 0 Å². The molecule has 8 nitrogen and oxygen atoms in total. The van der Waals surface area contributed by atoms with Gasteiger partial charge in [0.1, 0.15) is 30.2 Å². The molecule has 0 radical (unpaired) electrons. The molecular weight excluding hydrogens is 318 g/mol. The van der Waals surface area contributed by atoms with Gasteiger partial charge >= 0.3 is 0 Å². The van der Waals surface area contributed by atoms with Crippen LogP contribution in [0.15, 0.2) is 53.8 Å². The first-order valence-corrected chi connectivity index (χ1v) is 8.02. The third-order valence-electron chi connectivity index (χ3n) is 4.07. The zero-order valence-electron chi connectivity index (χ0n) is 13.7. The zero-order valence-corrected chi connectivity index (χ0v) is 13.7. The van der Waals surface area contributed by atoms with Crippen LogP contribution in [0.3, 0.4) is 0 Å². The van der Waals surface area contributed by atoms with E-state index >= 15 is 0 Å². The molecule has 0 amide bonds. The van der Waals surface area contributed by atoms with Gasteiger partial charge in [0.25, 0.3) is 5.71 Å². The van der Waals surface area contributed by atoms with E-state index < -0.39 is 0 Å². The monoisotopic (exact) mass is 335 g/mol. The maximum Gasteiger partial charge on any atom is 0.263 e. The summed E-state index contributed by atoms with van der Waals surface area (Å²) in [5, 5.41) is 12.5. The van der Waals surface area contributed by atoms with Gasteiger partial charge in [-0.3, -0.25) is 4.68 Å². The number of aromatic nitrogens is 6. The largest absolute Gasteiger partial charge is 0.362 e. The normalized spacial score (nSPS) is 12.4. The lowest BCUT2D eigenvalue weighted by atomic mass is 10.0. The van der Waals surface area contributed by atoms with E-state index in [-0.39, 0.29) is 6.04 Å². The van der Waals surface area contributed by atoms with Crippen LogP contribution in [0.25, 0.3) is 11.1 Å². The lowest BCUT2D eigenvalue weighted by Gasteiger charge is -2.20. The van der Waals surface area contributed by atoms with E-state index in [0.29, 0.717) is 5.71 Å². The van der Waals surface area contributed by atoms with Crippen molar-refractivity contribution >= 4 is 16.9 Å². The smallest absolute Gasteiger partial charge is 0.263 e. The Bertz CT molecular complexity index is 950. The first kappa shape index (κ1) is 15.3. The number of nitrogens with one attached hydrogen (secondary N) is 1.